The van der Waals surface area contributed by atoms with E-state index in [2.05, 4.69) is 20.9 Å². The van der Waals surface area contributed by atoms with Crippen LogP contribution in [-0.4, -0.2) is 89.2 Å². The van der Waals surface area contributed by atoms with Gasteiger partial charge in [0.15, 0.2) is 0 Å². The molecule has 0 spiro atoms. The van der Waals surface area contributed by atoms with Crippen molar-refractivity contribution < 1.29 is 38.0 Å². The molecule has 15 nitrogen and oxygen atoms in total. The Balaban J connectivity index is 1.45. The molecule has 0 fully saturated rings. The Morgan fingerprint density at radius 1 is 0.804 bits per heavy atom. The van der Waals surface area contributed by atoms with E-state index in [1.807, 2.05) is 48.2 Å². The molecule has 4 amide bonds. The molecular weight excluding hydrogens is 717 g/mol. The van der Waals surface area contributed by atoms with Gasteiger partial charge >= 0.3 is 188 Å². The van der Waals surface area contributed by atoms with E-state index in [1.165, 1.54) is 7.12 Å². The van der Waals surface area contributed by atoms with Crippen molar-refractivity contribution in [3.8, 4) is 6.26 Å². The Labute approximate surface area is 329 Å². The van der Waals surface area contributed by atoms with Crippen molar-refractivity contribution in [3.05, 3.63) is 70.3 Å². The zero-order valence-corrected chi connectivity index (χ0v) is 33.9. The minimum Gasteiger partial charge on any atom is -0.444 e. The van der Waals surface area contributed by atoms with Gasteiger partial charge in [-0.05, 0) is 71.2 Å². The van der Waals surface area contributed by atoms with Crippen molar-refractivity contribution in [2.75, 3.05) is 25.0 Å². The molecule has 3 N–H and O–H groups in total. The number of carbonyl (C=O) groups excluding carboxylic acids is 4. The summed E-state index contributed by atoms with van der Waals surface area (Å²) in [5.74, 6) is -0.266. The van der Waals surface area contributed by atoms with Crippen LogP contribution in [-0.2, 0) is 31.8 Å². The molecule has 0 radical (unpaired) electrons. The number of rotatable bonds is 6. The number of aliphatic imine (C=N–C) groups is 1. The van der Waals surface area contributed by atoms with Crippen LogP contribution in [0, 0.1) is 18.4 Å². The first kappa shape index (κ1) is 42.9. The molecule has 2 aliphatic heterocycles. The molecule has 298 valence electrons. The van der Waals surface area contributed by atoms with Gasteiger partial charge < -0.3 is 14.4 Å². The van der Waals surface area contributed by atoms with E-state index in [4.69, 9.17) is 24.1 Å². The fraction of sp³-hybridized carbons (Fsp3) is 0.475. The fourth-order valence-corrected chi connectivity index (χ4v) is 5.90. The summed E-state index contributed by atoms with van der Waals surface area (Å²) in [6, 6.07) is 11.4. The number of hydrogen-bond acceptors (Lipinski definition) is 10. The fourth-order valence-electron chi connectivity index (χ4n) is 5.90. The van der Waals surface area contributed by atoms with Crippen LogP contribution in [0.1, 0.15) is 101 Å². The number of amides is 4. The van der Waals surface area contributed by atoms with Crippen LogP contribution in [0.2, 0.25) is 0 Å². The third-order valence-electron chi connectivity index (χ3n) is 8.22. The van der Waals surface area contributed by atoms with Crippen LogP contribution in [0.15, 0.2) is 47.5 Å². The van der Waals surface area contributed by atoms with Crippen LogP contribution in [0.25, 0.3) is 5.57 Å². The van der Waals surface area contributed by atoms with Crippen LogP contribution in [0.4, 0.5) is 20.1 Å². The SMILES string of the molecule is Cc1cc(C2=CCN(C(=BOC#N)NC(=O)OC(C)(C)C)CC2)ccc1C(=O)Nc1ccc2c(c1)CN(/C(=N\C(=O)OC(C)(C)C)NC(=O)OC(C)(C)C)CC2. The molecule has 0 bridgehead atoms. The normalized spacial score (nSPS) is 14.9. The number of nitrogens with one attached hydrogen (secondary N) is 3. The molecule has 0 saturated carbocycles. The van der Waals surface area contributed by atoms with Crippen LogP contribution in [0.5, 0.6) is 0 Å². The number of benzene rings is 2. The van der Waals surface area contributed by atoms with Crippen molar-refractivity contribution in [3.63, 3.8) is 0 Å². The van der Waals surface area contributed by atoms with Crippen molar-refractivity contribution in [1.29, 1.82) is 5.26 Å². The molecule has 4 rings (SSSR count). The number of carbonyl (C=O) groups is 4. The average molecular weight is 770 g/mol. The quantitative estimate of drug-likeness (QED) is 0.0994. The number of guanidine groups is 1. The number of hydrogen-bond donors (Lipinski definition) is 3. The Kier molecular flexibility index (Phi) is 13.6. The van der Waals surface area contributed by atoms with Gasteiger partial charge in [0.05, 0.1) is 0 Å². The predicted octanol–water partition coefficient (Wildman–Crippen LogP) is 6.24. The Morgan fingerprint density at radius 3 is 2.04 bits per heavy atom. The molecule has 56 heavy (non-hydrogen) atoms. The second-order valence-electron chi connectivity index (χ2n) is 16.4. The minimum absolute atomic E-state index is 0.00692. The molecule has 0 atom stereocenters. The van der Waals surface area contributed by atoms with Gasteiger partial charge in [-0.15, -0.1) is 4.99 Å². The molecule has 2 aromatic carbocycles. The minimum atomic E-state index is -0.848. The first-order chi connectivity index (χ1) is 26.1. The zero-order chi connectivity index (χ0) is 41.4. The molecule has 16 heteroatoms. The summed E-state index contributed by atoms with van der Waals surface area (Å²) in [7, 11) is 1.18. The molecule has 0 aliphatic carbocycles. The Hall–Kier alpha value is -5.85. The average Bonchev–Trinajstić information content (AvgIpc) is 3.07. The van der Waals surface area contributed by atoms with Crippen molar-refractivity contribution in [2.45, 2.75) is 105 Å². The summed E-state index contributed by atoms with van der Waals surface area (Å²) in [6.07, 6.45) is 2.59. The topological polar surface area (TPSA) is 184 Å². The van der Waals surface area contributed by atoms with Crippen LogP contribution < -0.4 is 16.0 Å². The maximum atomic E-state index is 13.6. The van der Waals surface area contributed by atoms with Gasteiger partial charge in [-0.25, -0.2) is 9.59 Å². The molecular formula is C40H52BN7O8. The van der Waals surface area contributed by atoms with Gasteiger partial charge in [-0.1, -0.05) is 6.07 Å². The second kappa shape index (κ2) is 17.7. The predicted molar refractivity (Wildman–Crippen MR) is 214 cm³/mol. The van der Waals surface area contributed by atoms with E-state index in [9.17, 15) is 19.2 Å². The monoisotopic (exact) mass is 769 g/mol. The number of nitriles is 1. The van der Waals surface area contributed by atoms with Gasteiger partial charge in [0.1, 0.15) is 11.2 Å². The summed E-state index contributed by atoms with van der Waals surface area (Å²) in [5, 5.41) is 17.2. The molecule has 0 aromatic heterocycles. The zero-order valence-electron chi connectivity index (χ0n) is 33.9. The van der Waals surface area contributed by atoms with Gasteiger partial charge in [0.25, 0.3) is 0 Å². The smallest absolute Gasteiger partial charge is 0.444 e. The number of anilines is 1. The van der Waals surface area contributed by atoms with Gasteiger partial charge in [-0.3, -0.25) is 5.32 Å². The van der Waals surface area contributed by atoms with Crippen molar-refractivity contribution >= 4 is 54.2 Å². The Bertz CT molecular complexity index is 1970. The van der Waals surface area contributed by atoms with E-state index in [-0.39, 0.29) is 11.9 Å². The molecule has 2 aromatic rings. The maximum absolute atomic E-state index is 13.6. The molecule has 0 unspecified atom stereocenters. The summed E-state index contributed by atoms with van der Waals surface area (Å²) >= 11 is 0. The van der Waals surface area contributed by atoms with E-state index in [0.29, 0.717) is 56.0 Å². The van der Waals surface area contributed by atoms with Gasteiger partial charge in [0.2, 0.25) is 5.96 Å². The van der Waals surface area contributed by atoms with Crippen molar-refractivity contribution in [1.82, 2.24) is 20.4 Å². The molecule has 2 aliphatic rings. The molecule has 2 heterocycles. The summed E-state index contributed by atoms with van der Waals surface area (Å²) < 4.78 is 21.0. The standard InChI is InChI=1S/C40H52BN7O8/c1-25-21-28(27-15-18-47(19-16-27)33(41-53-24-42)44-35(50)54-38(2,3)4)12-14-31(25)32(49)43-30-13-11-26-17-20-48(23-29(26)22-30)34(45-36(51)55-39(5,6)7)46-37(52)56-40(8,9)10/h11-15,21-22H,16-20,23H2,1-10H3,(H,43,49)(H,44,50)(H,45,46,51,52). The third-order valence-corrected chi connectivity index (χ3v) is 8.22. The first-order valence-corrected chi connectivity index (χ1v) is 18.4. The first-order valence-electron chi connectivity index (χ1n) is 18.4. The second-order valence-corrected chi connectivity index (χ2v) is 16.4. The van der Waals surface area contributed by atoms with Crippen LogP contribution in [0.3, 0.4) is 0 Å². The summed E-state index contributed by atoms with van der Waals surface area (Å²) in [6.45, 7) is 19.3. The number of nitrogens with zero attached hydrogens (tertiary/aromatic N) is 4. The number of alkyl carbamates (subject to hydrolysis) is 2. The van der Waals surface area contributed by atoms with Gasteiger partial charge in [0, 0.05) is 13.1 Å². The van der Waals surface area contributed by atoms with E-state index >= 15 is 0 Å². The van der Waals surface area contributed by atoms with E-state index < -0.39 is 35.1 Å². The summed E-state index contributed by atoms with van der Waals surface area (Å²) in [4.78, 5) is 59.1. The van der Waals surface area contributed by atoms with E-state index in [1.54, 1.807) is 79.5 Å². The van der Waals surface area contributed by atoms with E-state index in [0.717, 1.165) is 27.8 Å². The summed E-state index contributed by atoms with van der Waals surface area (Å²) in [5.41, 5.74) is 3.95. The number of fused-ring (bicyclic) bond motifs is 1. The van der Waals surface area contributed by atoms with Gasteiger partial charge in [-0.2, -0.15) is 0 Å². The third kappa shape index (κ3) is 13.2. The number of aryl methyl sites for hydroxylation is 1. The van der Waals surface area contributed by atoms with Crippen molar-refractivity contribution in [2.24, 2.45) is 4.99 Å². The number of ether oxygens (including phenoxy) is 3. The van der Waals surface area contributed by atoms with Crippen LogP contribution >= 0.6 is 0 Å². The molecule has 0 saturated heterocycles. The Morgan fingerprint density at radius 2 is 1.45 bits per heavy atom.